The van der Waals surface area contributed by atoms with Crippen LogP contribution in [0, 0.1) is 5.82 Å². The summed E-state index contributed by atoms with van der Waals surface area (Å²) in [4.78, 5) is 18.4. The third-order valence-electron chi connectivity index (χ3n) is 3.80. The van der Waals surface area contributed by atoms with Crippen LogP contribution in [-0.4, -0.2) is 46.6 Å². The van der Waals surface area contributed by atoms with Gasteiger partial charge in [-0.3, -0.25) is 4.79 Å². The minimum atomic E-state index is -0.532. The standard InChI is InChI=1S/C15H22FN3O2/c1-2-17-14-13(9-11(16)10-18-14)15(21)19(7-8-20)12-5-3-4-6-12/h9-10,12,20H,2-8H2,1H3,(H,17,18). The van der Waals surface area contributed by atoms with E-state index in [1.165, 1.54) is 6.07 Å². The summed E-state index contributed by atoms with van der Waals surface area (Å²) in [6.07, 6.45) is 5.14. The fourth-order valence-electron chi connectivity index (χ4n) is 2.84. The zero-order valence-corrected chi connectivity index (χ0v) is 12.3. The lowest BCUT2D eigenvalue weighted by atomic mass is 10.1. The van der Waals surface area contributed by atoms with Gasteiger partial charge in [-0.1, -0.05) is 12.8 Å². The van der Waals surface area contributed by atoms with Crippen molar-refractivity contribution in [2.75, 3.05) is 25.0 Å². The Bertz CT molecular complexity index is 490. The average Bonchev–Trinajstić information content (AvgIpc) is 3.00. The van der Waals surface area contributed by atoms with E-state index in [0.29, 0.717) is 12.4 Å². The Morgan fingerprint density at radius 3 is 2.86 bits per heavy atom. The minimum absolute atomic E-state index is 0.0957. The normalized spacial score (nSPS) is 15.2. The van der Waals surface area contributed by atoms with Crippen LogP contribution >= 0.6 is 0 Å². The van der Waals surface area contributed by atoms with Crippen LogP contribution in [0.1, 0.15) is 43.0 Å². The Morgan fingerprint density at radius 1 is 1.52 bits per heavy atom. The van der Waals surface area contributed by atoms with Crippen LogP contribution in [0.15, 0.2) is 12.3 Å². The average molecular weight is 295 g/mol. The Kier molecular flexibility index (Phi) is 5.50. The quantitative estimate of drug-likeness (QED) is 0.843. The lowest BCUT2D eigenvalue weighted by molar-refractivity contribution is 0.0638. The Morgan fingerprint density at radius 2 is 2.24 bits per heavy atom. The van der Waals surface area contributed by atoms with Crippen molar-refractivity contribution in [1.82, 2.24) is 9.88 Å². The molecule has 0 saturated heterocycles. The topological polar surface area (TPSA) is 65.5 Å². The number of carbonyl (C=O) groups excluding carboxylic acids is 1. The van der Waals surface area contributed by atoms with E-state index in [9.17, 15) is 14.3 Å². The second-order valence-corrected chi connectivity index (χ2v) is 5.24. The van der Waals surface area contributed by atoms with Crippen LogP contribution in [-0.2, 0) is 0 Å². The number of rotatable bonds is 6. The molecule has 1 fully saturated rings. The first-order valence-electron chi connectivity index (χ1n) is 7.48. The van der Waals surface area contributed by atoms with Gasteiger partial charge in [0.1, 0.15) is 11.6 Å². The molecule has 0 aliphatic heterocycles. The van der Waals surface area contributed by atoms with Crippen LogP contribution < -0.4 is 5.32 Å². The molecule has 0 atom stereocenters. The zero-order chi connectivity index (χ0) is 15.2. The number of hydrogen-bond donors (Lipinski definition) is 2. The van der Waals surface area contributed by atoms with Crippen molar-refractivity contribution in [3.8, 4) is 0 Å². The molecule has 0 bridgehead atoms. The van der Waals surface area contributed by atoms with Crippen molar-refractivity contribution in [2.45, 2.75) is 38.6 Å². The Balaban J connectivity index is 2.28. The summed E-state index contributed by atoms with van der Waals surface area (Å²) < 4.78 is 13.5. The highest BCUT2D eigenvalue weighted by Crippen LogP contribution is 2.26. The molecule has 21 heavy (non-hydrogen) atoms. The van der Waals surface area contributed by atoms with Gasteiger partial charge in [-0.15, -0.1) is 0 Å². The van der Waals surface area contributed by atoms with Crippen molar-refractivity contribution in [2.24, 2.45) is 0 Å². The number of amides is 1. The molecule has 116 valence electrons. The molecule has 1 aliphatic carbocycles. The van der Waals surface area contributed by atoms with E-state index >= 15 is 0 Å². The molecule has 0 radical (unpaired) electrons. The van der Waals surface area contributed by atoms with Gasteiger partial charge in [-0.05, 0) is 25.8 Å². The molecule has 2 rings (SSSR count). The SMILES string of the molecule is CCNc1ncc(F)cc1C(=O)N(CCO)C1CCCC1. The molecule has 1 aromatic rings. The summed E-state index contributed by atoms with van der Waals surface area (Å²) in [7, 11) is 0. The fraction of sp³-hybridized carbons (Fsp3) is 0.600. The molecule has 1 amide bonds. The maximum atomic E-state index is 13.5. The number of carbonyl (C=O) groups is 1. The molecule has 1 saturated carbocycles. The third kappa shape index (κ3) is 3.69. The van der Waals surface area contributed by atoms with Gasteiger partial charge in [0, 0.05) is 19.1 Å². The van der Waals surface area contributed by atoms with E-state index in [1.54, 1.807) is 4.90 Å². The largest absolute Gasteiger partial charge is 0.395 e. The van der Waals surface area contributed by atoms with Gasteiger partial charge in [-0.2, -0.15) is 0 Å². The molecule has 2 N–H and O–H groups in total. The molecular weight excluding hydrogens is 273 g/mol. The number of pyridine rings is 1. The van der Waals surface area contributed by atoms with Crippen molar-refractivity contribution in [1.29, 1.82) is 0 Å². The summed E-state index contributed by atoms with van der Waals surface area (Å²) in [5, 5.41) is 12.2. The first-order valence-corrected chi connectivity index (χ1v) is 7.48. The monoisotopic (exact) mass is 295 g/mol. The molecular formula is C15H22FN3O2. The summed E-state index contributed by atoms with van der Waals surface area (Å²) in [5.41, 5.74) is 0.234. The maximum Gasteiger partial charge on any atom is 0.258 e. The van der Waals surface area contributed by atoms with Crippen LogP contribution in [0.3, 0.4) is 0 Å². The summed E-state index contributed by atoms with van der Waals surface area (Å²) >= 11 is 0. The molecule has 0 aromatic carbocycles. The predicted molar refractivity (Wildman–Crippen MR) is 78.7 cm³/mol. The van der Waals surface area contributed by atoms with E-state index in [2.05, 4.69) is 10.3 Å². The van der Waals surface area contributed by atoms with Gasteiger partial charge in [-0.25, -0.2) is 9.37 Å². The highest BCUT2D eigenvalue weighted by molar-refractivity contribution is 5.99. The van der Waals surface area contributed by atoms with Crippen LogP contribution in [0.5, 0.6) is 0 Å². The van der Waals surface area contributed by atoms with Crippen LogP contribution in [0.4, 0.5) is 10.2 Å². The molecule has 1 aliphatic rings. The minimum Gasteiger partial charge on any atom is -0.395 e. The maximum absolute atomic E-state index is 13.5. The van der Waals surface area contributed by atoms with Gasteiger partial charge < -0.3 is 15.3 Å². The molecule has 0 spiro atoms. The summed E-state index contributed by atoms with van der Waals surface area (Å²) in [5.74, 6) is -0.404. The second kappa shape index (κ2) is 7.36. The number of aliphatic hydroxyl groups is 1. The second-order valence-electron chi connectivity index (χ2n) is 5.24. The van der Waals surface area contributed by atoms with E-state index in [4.69, 9.17) is 0 Å². The highest BCUT2D eigenvalue weighted by Gasteiger charge is 2.28. The number of nitrogens with zero attached hydrogens (tertiary/aromatic N) is 2. The lowest BCUT2D eigenvalue weighted by Crippen LogP contribution is -2.41. The van der Waals surface area contributed by atoms with Gasteiger partial charge in [0.2, 0.25) is 0 Å². The first kappa shape index (κ1) is 15.7. The zero-order valence-electron chi connectivity index (χ0n) is 12.3. The summed E-state index contributed by atoms with van der Waals surface area (Å²) in [6, 6.07) is 1.34. The van der Waals surface area contributed by atoms with E-state index in [-0.39, 0.29) is 30.7 Å². The van der Waals surface area contributed by atoms with Crippen molar-refractivity contribution < 1.29 is 14.3 Å². The van der Waals surface area contributed by atoms with Crippen molar-refractivity contribution in [3.63, 3.8) is 0 Å². The smallest absolute Gasteiger partial charge is 0.258 e. The van der Waals surface area contributed by atoms with E-state index in [0.717, 1.165) is 31.9 Å². The molecule has 0 unspecified atom stereocenters. The number of aromatic nitrogens is 1. The van der Waals surface area contributed by atoms with E-state index in [1.807, 2.05) is 6.92 Å². The number of anilines is 1. The summed E-state index contributed by atoms with van der Waals surface area (Å²) in [6.45, 7) is 2.66. The van der Waals surface area contributed by atoms with Crippen molar-refractivity contribution >= 4 is 11.7 Å². The van der Waals surface area contributed by atoms with Crippen molar-refractivity contribution in [3.05, 3.63) is 23.6 Å². The molecule has 5 nitrogen and oxygen atoms in total. The Labute approximate surface area is 124 Å². The fourth-order valence-corrected chi connectivity index (χ4v) is 2.84. The van der Waals surface area contributed by atoms with Gasteiger partial charge in [0.25, 0.3) is 5.91 Å². The first-order chi connectivity index (χ1) is 10.2. The van der Waals surface area contributed by atoms with Gasteiger partial charge >= 0.3 is 0 Å². The van der Waals surface area contributed by atoms with Crippen LogP contribution in [0.25, 0.3) is 0 Å². The third-order valence-corrected chi connectivity index (χ3v) is 3.80. The molecule has 1 heterocycles. The Hall–Kier alpha value is -1.69. The van der Waals surface area contributed by atoms with Gasteiger partial charge in [0.05, 0.1) is 18.4 Å². The van der Waals surface area contributed by atoms with E-state index < -0.39 is 5.82 Å². The predicted octanol–water partition coefficient (Wildman–Crippen LogP) is 2.03. The lowest BCUT2D eigenvalue weighted by Gasteiger charge is -2.29. The van der Waals surface area contributed by atoms with Crippen LogP contribution in [0.2, 0.25) is 0 Å². The van der Waals surface area contributed by atoms with Gasteiger partial charge in [0.15, 0.2) is 0 Å². The number of hydrogen-bond acceptors (Lipinski definition) is 4. The highest BCUT2D eigenvalue weighted by atomic mass is 19.1. The number of halogens is 1. The number of nitrogens with one attached hydrogen (secondary N) is 1. The molecule has 1 aromatic heterocycles. The molecule has 6 heteroatoms. The number of aliphatic hydroxyl groups excluding tert-OH is 1.